The van der Waals surface area contributed by atoms with Crippen LogP contribution < -0.4 is 17.7 Å². The van der Waals surface area contributed by atoms with E-state index in [-0.39, 0.29) is 12.4 Å². The van der Waals surface area contributed by atoms with E-state index in [9.17, 15) is 0 Å². The van der Waals surface area contributed by atoms with E-state index in [1.807, 2.05) is 36.4 Å². The number of aromatic nitrogens is 1. The van der Waals surface area contributed by atoms with Gasteiger partial charge >= 0.3 is 0 Å². The standard InChI is InChI=1S/C12H12N2.ClH/c1-2-6-11(7-3-1)10-14-12-8-4-5-9-13-12;/h1-9H,10H2,(H,13,14);1H/p-1. The predicted octanol–water partition coefficient (Wildman–Crippen LogP) is -0.302. The van der Waals surface area contributed by atoms with Crippen LogP contribution in [-0.4, -0.2) is 4.98 Å². The van der Waals surface area contributed by atoms with Crippen molar-refractivity contribution in [3.63, 3.8) is 0 Å². The molecule has 0 aliphatic carbocycles. The third kappa shape index (κ3) is 3.60. The van der Waals surface area contributed by atoms with Gasteiger partial charge in [-0.1, -0.05) is 36.4 Å². The molecular weight excluding hydrogens is 208 g/mol. The topological polar surface area (TPSA) is 24.9 Å². The second kappa shape index (κ2) is 6.04. The Hall–Kier alpha value is -1.54. The lowest BCUT2D eigenvalue weighted by Gasteiger charge is -2.04. The first kappa shape index (κ1) is 11.5. The molecule has 3 heteroatoms. The summed E-state index contributed by atoms with van der Waals surface area (Å²) in [6.07, 6.45) is 1.79. The average Bonchev–Trinajstić information content (AvgIpc) is 2.29. The van der Waals surface area contributed by atoms with E-state index in [1.165, 1.54) is 5.56 Å². The van der Waals surface area contributed by atoms with Gasteiger partial charge in [-0.15, -0.1) is 0 Å². The van der Waals surface area contributed by atoms with E-state index in [1.54, 1.807) is 6.20 Å². The van der Waals surface area contributed by atoms with E-state index in [0.29, 0.717) is 0 Å². The minimum Gasteiger partial charge on any atom is -1.00 e. The third-order valence-corrected chi connectivity index (χ3v) is 1.98. The van der Waals surface area contributed by atoms with Crippen LogP contribution in [0.1, 0.15) is 5.56 Å². The Morgan fingerprint density at radius 1 is 0.933 bits per heavy atom. The summed E-state index contributed by atoms with van der Waals surface area (Å²) < 4.78 is 0. The molecule has 0 fully saturated rings. The summed E-state index contributed by atoms with van der Waals surface area (Å²) in [6.45, 7) is 0.817. The Kier molecular flexibility index (Phi) is 4.64. The second-order valence-electron chi connectivity index (χ2n) is 3.05. The summed E-state index contributed by atoms with van der Waals surface area (Å²) >= 11 is 0. The quantitative estimate of drug-likeness (QED) is 0.767. The number of nitrogens with zero attached hydrogens (tertiary/aromatic N) is 1. The highest BCUT2D eigenvalue weighted by Crippen LogP contribution is 2.04. The lowest BCUT2D eigenvalue weighted by atomic mass is 10.2. The Morgan fingerprint density at radius 3 is 2.33 bits per heavy atom. The second-order valence-corrected chi connectivity index (χ2v) is 3.05. The molecule has 1 N–H and O–H groups in total. The van der Waals surface area contributed by atoms with Crippen LogP contribution in [-0.2, 0) is 6.54 Å². The third-order valence-electron chi connectivity index (χ3n) is 1.98. The largest absolute Gasteiger partial charge is 1.00 e. The van der Waals surface area contributed by atoms with E-state index in [4.69, 9.17) is 0 Å². The van der Waals surface area contributed by atoms with Crippen LogP contribution >= 0.6 is 0 Å². The zero-order valence-corrected chi connectivity index (χ0v) is 8.98. The Morgan fingerprint density at radius 2 is 1.67 bits per heavy atom. The zero-order chi connectivity index (χ0) is 9.64. The lowest BCUT2D eigenvalue weighted by Crippen LogP contribution is -3.00. The van der Waals surface area contributed by atoms with Gasteiger partial charge in [0.05, 0.1) is 0 Å². The molecular formula is C12H12ClN2-. The summed E-state index contributed by atoms with van der Waals surface area (Å²) in [5.41, 5.74) is 1.26. The van der Waals surface area contributed by atoms with Gasteiger partial charge in [-0.05, 0) is 17.7 Å². The van der Waals surface area contributed by atoms with E-state index >= 15 is 0 Å². The van der Waals surface area contributed by atoms with Crippen molar-refractivity contribution < 1.29 is 12.4 Å². The number of hydrogen-bond acceptors (Lipinski definition) is 2. The number of hydrogen-bond donors (Lipinski definition) is 1. The zero-order valence-electron chi connectivity index (χ0n) is 8.23. The lowest BCUT2D eigenvalue weighted by molar-refractivity contribution is -0.00000287. The molecule has 0 spiro atoms. The minimum absolute atomic E-state index is 0. The van der Waals surface area contributed by atoms with Crippen molar-refractivity contribution in [1.82, 2.24) is 4.98 Å². The van der Waals surface area contributed by atoms with Crippen LogP contribution in [0.15, 0.2) is 54.7 Å². The number of nitrogens with one attached hydrogen (secondary N) is 1. The molecule has 0 saturated carbocycles. The highest BCUT2D eigenvalue weighted by molar-refractivity contribution is 5.34. The fraction of sp³-hybridized carbons (Fsp3) is 0.0833. The van der Waals surface area contributed by atoms with Crippen molar-refractivity contribution >= 4 is 5.82 Å². The van der Waals surface area contributed by atoms with Gasteiger partial charge in [-0.2, -0.15) is 0 Å². The molecule has 0 amide bonds. The number of anilines is 1. The number of benzene rings is 1. The highest BCUT2D eigenvalue weighted by atomic mass is 35.5. The molecule has 0 aliphatic rings. The highest BCUT2D eigenvalue weighted by Gasteiger charge is 1.91. The molecule has 2 aromatic rings. The number of rotatable bonds is 3. The fourth-order valence-electron chi connectivity index (χ4n) is 1.26. The van der Waals surface area contributed by atoms with Crippen LogP contribution in [0.2, 0.25) is 0 Å². The van der Waals surface area contributed by atoms with Crippen molar-refractivity contribution in [3.05, 3.63) is 60.3 Å². The van der Waals surface area contributed by atoms with Crippen LogP contribution in [0.3, 0.4) is 0 Å². The van der Waals surface area contributed by atoms with Gasteiger partial charge in [-0.3, -0.25) is 0 Å². The fourth-order valence-corrected chi connectivity index (χ4v) is 1.26. The van der Waals surface area contributed by atoms with Crippen LogP contribution in [0.5, 0.6) is 0 Å². The average molecular weight is 220 g/mol. The predicted molar refractivity (Wildman–Crippen MR) is 58.0 cm³/mol. The summed E-state index contributed by atoms with van der Waals surface area (Å²) in [5.74, 6) is 0.913. The molecule has 0 aliphatic heterocycles. The molecule has 2 nitrogen and oxygen atoms in total. The molecule has 0 saturated heterocycles. The van der Waals surface area contributed by atoms with Gasteiger partial charge in [0.1, 0.15) is 5.82 Å². The van der Waals surface area contributed by atoms with Gasteiger partial charge in [0.2, 0.25) is 0 Å². The molecule has 78 valence electrons. The minimum atomic E-state index is 0. The first-order valence-corrected chi connectivity index (χ1v) is 4.64. The normalized spacial score (nSPS) is 9.07. The molecule has 0 atom stereocenters. The van der Waals surface area contributed by atoms with E-state index < -0.39 is 0 Å². The molecule has 0 unspecified atom stereocenters. The van der Waals surface area contributed by atoms with Crippen molar-refractivity contribution in [1.29, 1.82) is 0 Å². The molecule has 0 bridgehead atoms. The molecule has 15 heavy (non-hydrogen) atoms. The van der Waals surface area contributed by atoms with Crippen molar-refractivity contribution in [2.24, 2.45) is 0 Å². The molecule has 1 aromatic heterocycles. The van der Waals surface area contributed by atoms with Gasteiger partial charge in [-0.25, -0.2) is 4.98 Å². The van der Waals surface area contributed by atoms with Crippen molar-refractivity contribution in [2.75, 3.05) is 5.32 Å². The SMILES string of the molecule is [Cl-].c1ccc(CNc2ccccn2)cc1. The summed E-state index contributed by atoms with van der Waals surface area (Å²) in [5, 5.41) is 3.25. The molecule has 1 heterocycles. The van der Waals surface area contributed by atoms with Crippen LogP contribution in [0.4, 0.5) is 5.82 Å². The smallest absolute Gasteiger partial charge is 0.126 e. The van der Waals surface area contributed by atoms with E-state index in [0.717, 1.165) is 12.4 Å². The van der Waals surface area contributed by atoms with Gasteiger partial charge < -0.3 is 17.7 Å². The Bertz CT molecular complexity index is 336. The maximum atomic E-state index is 4.18. The van der Waals surface area contributed by atoms with Crippen LogP contribution in [0, 0.1) is 0 Å². The first-order chi connectivity index (χ1) is 6.95. The maximum absolute atomic E-state index is 4.18. The molecule has 2 rings (SSSR count). The molecule has 0 radical (unpaired) electrons. The van der Waals surface area contributed by atoms with Crippen molar-refractivity contribution in [3.8, 4) is 0 Å². The monoisotopic (exact) mass is 219 g/mol. The summed E-state index contributed by atoms with van der Waals surface area (Å²) in [7, 11) is 0. The molecule has 1 aromatic carbocycles. The van der Waals surface area contributed by atoms with E-state index in [2.05, 4.69) is 22.4 Å². The van der Waals surface area contributed by atoms with Crippen LogP contribution in [0.25, 0.3) is 0 Å². The van der Waals surface area contributed by atoms with Crippen molar-refractivity contribution in [2.45, 2.75) is 6.54 Å². The Labute approximate surface area is 95.8 Å². The maximum Gasteiger partial charge on any atom is 0.126 e. The summed E-state index contributed by atoms with van der Waals surface area (Å²) in [6, 6.07) is 16.1. The van der Waals surface area contributed by atoms with Gasteiger partial charge in [0.25, 0.3) is 0 Å². The number of halogens is 1. The first-order valence-electron chi connectivity index (χ1n) is 4.64. The van der Waals surface area contributed by atoms with Gasteiger partial charge in [0.15, 0.2) is 0 Å². The summed E-state index contributed by atoms with van der Waals surface area (Å²) in [4.78, 5) is 4.18. The number of pyridine rings is 1. The van der Waals surface area contributed by atoms with Gasteiger partial charge in [0, 0.05) is 12.7 Å². The Balaban J connectivity index is 0.00000112.